The molecule has 19 heavy (non-hydrogen) atoms. The molecule has 0 aromatic carbocycles. The zero-order valence-corrected chi connectivity index (χ0v) is 12.9. The first-order valence-electron chi connectivity index (χ1n) is 7.54. The average Bonchev–Trinajstić information content (AvgIpc) is 2.71. The Balaban J connectivity index is 1.93. The van der Waals surface area contributed by atoms with Gasteiger partial charge in [-0.05, 0) is 53.1 Å². The molecule has 4 heteroatoms. The fourth-order valence-corrected chi connectivity index (χ4v) is 3.33. The molecule has 110 valence electrons. The van der Waals surface area contributed by atoms with E-state index in [4.69, 9.17) is 4.74 Å². The Hall–Kier alpha value is -0.770. The zero-order valence-electron chi connectivity index (χ0n) is 12.9. The van der Waals surface area contributed by atoms with E-state index in [9.17, 15) is 4.79 Å². The minimum absolute atomic E-state index is 0.141. The zero-order chi connectivity index (χ0) is 14.1. The van der Waals surface area contributed by atoms with Gasteiger partial charge in [-0.2, -0.15) is 0 Å². The molecule has 0 aromatic rings. The maximum absolute atomic E-state index is 12.1. The highest BCUT2D eigenvalue weighted by Gasteiger charge is 2.43. The largest absolute Gasteiger partial charge is 0.444 e. The lowest BCUT2D eigenvalue weighted by Crippen LogP contribution is -2.45. The number of amides is 1. The number of rotatable bonds is 1. The fourth-order valence-electron chi connectivity index (χ4n) is 3.33. The lowest BCUT2D eigenvalue weighted by Gasteiger charge is -2.40. The van der Waals surface area contributed by atoms with Gasteiger partial charge in [-0.3, -0.25) is 0 Å². The van der Waals surface area contributed by atoms with Gasteiger partial charge in [0.2, 0.25) is 0 Å². The van der Waals surface area contributed by atoms with Gasteiger partial charge < -0.3 is 14.5 Å². The Kier molecular flexibility index (Phi) is 4.09. The molecule has 0 N–H and O–H groups in total. The van der Waals surface area contributed by atoms with E-state index in [1.807, 2.05) is 25.7 Å². The summed E-state index contributed by atoms with van der Waals surface area (Å²) in [5.74, 6) is 0. The highest BCUT2D eigenvalue weighted by atomic mass is 16.6. The van der Waals surface area contributed by atoms with Crippen molar-refractivity contribution in [3.8, 4) is 0 Å². The summed E-state index contributed by atoms with van der Waals surface area (Å²) in [4.78, 5) is 16.6. The molecule has 2 fully saturated rings. The average molecular weight is 268 g/mol. The summed E-state index contributed by atoms with van der Waals surface area (Å²) in [5.41, 5.74) is -0.0694. The molecule has 0 aromatic heterocycles. The second-order valence-corrected chi connectivity index (χ2v) is 7.12. The van der Waals surface area contributed by atoms with Gasteiger partial charge in [0, 0.05) is 25.0 Å². The highest BCUT2D eigenvalue weighted by molar-refractivity contribution is 5.68. The first kappa shape index (κ1) is 14.6. The van der Waals surface area contributed by atoms with Gasteiger partial charge in [0.1, 0.15) is 5.60 Å². The van der Waals surface area contributed by atoms with Crippen LogP contribution in [0.25, 0.3) is 0 Å². The molecule has 1 atom stereocenters. The van der Waals surface area contributed by atoms with E-state index in [2.05, 4.69) is 11.8 Å². The first-order chi connectivity index (χ1) is 8.84. The van der Waals surface area contributed by atoms with Gasteiger partial charge in [0.15, 0.2) is 0 Å². The molecule has 0 bridgehead atoms. The van der Waals surface area contributed by atoms with E-state index < -0.39 is 5.60 Å². The number of carbonyl (C=O) groups excluding carboxylic acids is 1. The predicted molar refractivity (Wildman–Crippen MR) is 76.2 cm³/mol. The number of piperidine rings is 1. The molecule has 4 nitrogen and oxygen atoms in total. The van der Waals surface area contributed by atoms with Crippen molar-refractivity contribution >= 4 is 6.09 Å². The van der Waals surface area contributed by atoms with Crippen LogP contribution in [0.15, 0.2) is 0 Å². The van der Waals surface area contributed by atoms with E-state index in [1.54, 1.807) is 0 Å². The lowest BCUT2D eigenvalue weighted by atomic mass is 9.79. The van der Waals surface area contributed by atoms with Gasteiger partial charge in [-0.1, -0.05) is 6.92 Å². The Morgan fingerprint density at radius 1 is 1.21 bits per heavy atom. The summed E-state index contributed by atoms with van der Waals surface area (Å²) in [6, 6.07) is 0. The maximum atomic E-state index is 12.1. The second kappa shape index (κ2) is 5.31. The van der Waals surface area contributed by atoms with Crippen LogP contribution in [0.1, 0.15) is 47.0 Å². The van der Waals surface area contributed by atoms with Crippen molar-refractivity contribution in [3.05, 3.63) is 0 Å². The third-order valence-electron chi connectivity index (χ3n) is 4.28. The minimum Gasteiger partial charge on any atom is -0.444 e. The molecular weight excluding hydrogens is 240 g/mol. The van der Waals surface area contributed by atoms with Crippen LogP contribution in [0.3, 0.4) is 0 Å². The highest BCUT2D eigenvalue weighted by Crippen LogP contribution is 2.39. The molecule has 1 amide bonds. The van der Waals surface area contributed by atoms with Crippen LogP contribution in [0.2, 0.25) is 0 Å². The van der Waals surface area contributed by atoms with Crippen molar-refractivity contribution in [3.63, 3.8) is 0 Å². The van der Waals surface area contributed by atoms with Crippen LogP contribution in [0.4, 0.5) is 4.79 Å². The van der Waals surface area contributed by atoms with Gasteiger partial charge in [-0.15, -0.1) is 0 Å². The van der Waals surface area contributed by atoms with Crippen molar-refractivity contribution in [2.24, 2.45) is 5.41 Å². The second-order valence-electron chi connectivity index (χ2n) is 7.12. The van der Waals surface area contributed by atoms with E-state index in [-0.39, 0.29) is 6.09 Å². The van der Waals surface area contributed by atoms with Crippen molar-refractivity contribution < 1.29 is 9.53 Å². The summed E-state index contributed by atoms with van der Waals surface area (Å²) in [6.07, 6.45) is 3.50. The van der Waals surface area contributed by atoms with Crippen LogP contribution in [0.5, 0.6) is 0 Å². The van der Waals surface area contributed by atoms with Crippen molar-refractivity contribution in [1.29, 1.82) is 0 Å². The van der Waals surface area contributed by atoms with Crippen molar-refractivity contribution in [1.82, 2.24) is 9.80 Å². The first-order valence-corrected chi connectivity index (χ1v) is 7.54. The summed E-state index contributed by atoms with van der Waals surface area (Å²) >= 11 is 0. The van der Waals surface area contributed by atoms with Gasteiger partial charge in [0.05, 0.1) is 0 Å². The Morgan fingerprint density at radius 2 is 1.95 bits per heavy atom. The summed E-state index contributed by atoms with van der Waals surface area (Å²) in [5, 5.41) is 0. The molecule has 2 aliphatic heterocycles. The molecule has 1 unspecified atom stereocenters. The third kappa shape index (κ3) is 3.62. The van der Waals surface area contributed by atoms with Crippen LogP contribution in [-0.4, -0.2) is 54.2 Å². The Morgan fingerprint density at radius 3 is 2.58 bits per heavy atom. The number of nitrogens with zero attached hydrogens (tertiary/aromatic N) is 2. The summed E-state index contributed by atoms with van der Waals surface area (Å²) < 4.78 is 5.48. The molecule has 0 saturated carbocycles. The molecule has 2 aliphatic rings. The Labute approximate surface area is 117 Å². The molecule has 0 aliphatic carbocycles. The van der Waals surface area contributed by atoms with E-state index in [1.165, 1.54) is 19.4 Å². The number of hydrogen-bond donors (Lipinski definition) is 0. The number of carbonyl (C=O) groups is 1. The minimum atomic E-state index is -0.394. The van der Waals surface area contributed by atoms with Gasteiger partial charge in [0.25, 0.3) is 0 Å². The smallest absolute Gasteiger partial charge is 0.410 e. The summed E-state index contributed by atoms with van der Waals surface area (Å²) in [6.45, 7) is 13.2. The standard InChI is InChI=1S/C15H28N2O2/c1-5-16-9-6-7-15(11-16)8-10-17(12-15)13(18)19-14(2,3)4/h5-12H2,1-4H3. The van der Waals surface area contributed by atoms with E-state index in [0.717, 1.165) is 32.6 Å². The molecule has 1 spiro atoms. The van der Waals surface area contributed by atoms with Crippen molar-refractivity contribution in [2.45, 2.75) is 52.6 Å². The maximum Gasteiger partial charge on any atom is 0.410 e. The molecule has 0 radical (unpaired) electrons. The van der Waals surface area contributed by atoms with Crippen LogP contribution in [-0.2, 0) is 4.74 Å². The predicted octanol–water partition coefficient (Wildman–Crippen LogP) is 2.73. The van der Waals surface area contributed by atoms with E-state index >= 15 is 0 Å². The SMILES string of the molecule is CCN1CCCC2(CCN(C(=O)OC(C)(C)C)C2)C1. The van der Waals surface area contributed by atoms with Crippen molar-refractivity contribution in [2.75, 3.05) is 32.7 Å². The summed E-state index contributed by atoms with van der Waals surface area (Å²) in [7, 11) is 0. The quantitative estimate of drug-likeness (QED) is 0.733. The topological polar surface area (TPSA) is 32.8 Å². The van der Waals surface area contributed by atoms with Crippen LogP contribution >= 0.6 is 0 Å². The molecule has 2 saturated heterocycles. The molecule has 2 rings (SSSR count). The van der Waals surface area contributed by atoms with Crippen LogP contribution < -0.4 is 0 Å². The normalized spacial score (nSPS) is 28.9. The van der Waals surface area contributed by atoms with Gasteiger partial charge >= 0.3 is 6.09 Å². The number of ether oxygens (including phenoxy) is 1. The Bertz CT molecular complexity index is 338. The lowest BCUT2D eigenvalue weighted by molar-refractivity contribution is 0.0240. The molecule has 2 heterocycles. The monoisotopic (exact) mass is 268 g/mol. The number of likely N-dealkylation sites (tertiary alicyclic amines) is 2. The third-order valence-corrected chi connectivity index (χ3v) is 4.28. The number of hydrogen-bond acceptors (Lipinski definition) is 3. The van der Waals surface area contributed by atoms with Gasteiger partial charge in [-0.25, -0.2) is 4.79 Å². The molecular formula is C15H28N2O2. The van der Waals surface area contributed by atoms with E-state index in [0.29, 0.717) is 5.41 Å². The van der Waals surface area contributed by atoms with Crippen LogP contribution in [0, 0.1) is 5.41 Å². The fraction of sp³-hybridized carbons (Fsp3) is 0.933.